The van der Waals surface area contributed by atoms with Gasteiger partial charge in [-0.05, 0) is 19.4 Å². The predicted octanol–water partition coefficient (Wildman–Crippen LogP) is 0.938. The van der Waals surface area contributed by atoms with E-state index < -0.39 is 0 Å². The molecule has 0 amide bonds. The van der Waals surface area contributed by atoms with Crippen LogP contribution in [0.3, 0.4) is 0 Å². The Morgan fingerprint density at radius 3 is 3.00 bits per heavy atom. The van der Waals surface area contributed by atoms with Crippen LogP contribution in [-0.4, -0.2) is 22.1 Å². The highest BCUT2D eigenvalue weighted by molar-refractivity contribution is 5.96. The maximum atomic E-state index is 7.31. The third-order valence-electron chi connectivity index (χ3n) is 1.86. The molecule has 0 aromatic carbocycles. The third-order valence-corrected chi connectivity index (χ3v) is 1.86. The molecule has 3 N–H and O–H groups in total. The van der Waals surface area contributed by atoms with Gasteiger partial charge in [0.15, 0.2) is 0 Å². The van der Waals surface area contributed by atoms with Gasteiger partial charge >= 0.3 is 0 Å². The van der Waals surface area contributed by atoms with E-state index in [9.17, 15) is 0 Å². The number of nitrogen functional groups attached to an aromatic ring is 1. The average Bonchev–Trinajstić information content (AvgIpc) is 2.18. The van der Waals surface area contributed by atoms with Crippen molar-refractivity contribution in [2.24, 2.45) is 5.73 Å². The van der Waals surface area contributed by atoms with Gasteiger partial charge in [0.2, 0.25) is 5.88 Å². The zero-order chi connectivity index (χ0) is 10.6. The number of amidine groups is 1. The summed E-state index contributed by atoms with van der Waals surface area (Å²) in [5.74, 6) is 0.271. The molecule has 0 fully saturated rings. The lowest BCUT2D eigenvalue weighted by molar-refractivity contribution is 0.206. The van der Waals surface area contributed by atoms with Crippen LogP contribution in [-0.2, 0) is 0 Å². The summed E-state index contributed by atoms with van der Waals surface area (Å²) in [4.78, 5) is 0. The zero-order valence-electron chi connectivity index (χ0n) is 8.32. The van der Waals surface area contributed by atoms with Crippen molar-refractivity contribution < 1.29 is 4.74 Å². The second-order valence-electron chi connectivity index (χ2n) is 3.00. The first-order chi connectivity index (χ1) is 6.65. The van der Waals surface area contributed by atoms with E-state index in [0.29, 0.717) is 11.4 Å². The lowest BCUT2D eigenvalue weighted by Crippen LogP contribution is -2.18. The standard InChI is InChI=1S/C9H14N4O/c1-3-6(2)14-9-7(8(10)11)4-5-12-13-9/h4-6H,3H2,1-2H3,(H3,10,11). The Bertz CT molecular complexity index is 326. The molecule has 0 aliphatic carbocycles. The Balaban J connectivity index is 2.90. The molecule has 5 heteroatoms. The normalized spacial score (nSPS) is 12.1. The quantitative estimate of drug-likeness (QED) is 0.551. The van der Waals surface area contributed by atoms with E-state index in [1.54, 1.807) is 6.07 Å². The van der Waals surface area contributed by atoms with Gasteiger partial charge in [-0.2, -0.15) is 5.10 Å². The number of nitrogens with zero attached hydrogens (tertiary/aromatic N) is 2. The van der Waals surface area contributed by atoms with Crippen molar-refractivity contribution in [3.05, 3.63) is 17.8 Å². The molecule has 76 valence electrons. The summed E-state index contributed by atoms with van der Waals surface area (Å²) < 4.78 is 5.46. The summed E-state index contributed by atoms with van der Waals surface area (Å²) in [6, 6.07) is 1.62. The van der Waals surface area contributed by atoms with Crippen LogP contribution in [0.15, 0.2) is 12.3 Å². The van der Waals surface area contributed by atoms with Gasteiger partial charge in [-0.25, -0.2) is 0 Å². The summed E-state index contributed by atoms with van der Waals surface area (Å²) in [6.45, 7) is 3.94. The molecule has 1 rings (SSSR count). The molecule has 0 aliphatic rings. The van der Waals surface area contributed by atoms with E-state index in [-0.39, 0.29) is 11.9 Å². The van der Waals surface area contributed by atoms with E-state index in [1.165, 1.54) is 6.20 Å². The van der Waals surface area contributed by atoms with Crippen LogP contribution >= 0.6 is 0 Å². The monoisotopic (exact) mass is 194 g/mol. The van der Waals surface area contributed by atoms with E-state index in [4.69, 9.17) is 15.9 Å². The minimum absolute atomic E-state index is 0.0461. The van der Waals surface area contributed by atoms with Crippen molar-refractivity contribution in [3.63, 3.8) is 0 Å². The molecule has 0 radical (unpaired) electrons. The van der Waals surface area contributed by atoms with E-state index >= 15 is 0 Å². The van der Waals surface area contributed by atoms with Crippen LogP contribution in [0.4, 0.5) is 0 Å². The smallest absolute Gasteiger partial charge is 0.244 e. The third kappa shape index (κ3) is 2.42. The van der Waals surface area contributed by atoms with E-state index in [0.717, 1.165) is 6.42 Å². The Hall–Kier alpha value is -1.65. The fourth-order valence-corrected chi connectivity index (χ4v) is 0.885. The van der Waals surface area contributed by atoms with Gasteiger partial charge < -0.3 is 10.5 Å². The molecular formula is C9H14N4O. The second kappa shape index (κ2) is 4.55. The summed E-state index contributed by atoms with van der Waals surface area (Å²) in [7, 11) is 0. The first-order valence-corrected chi connectivity index (χ1v) is 4.48. The molecule has 14 heavy (non-hydrogen) atoms. The van der Waals surface area contributed by atoms with E-state index in [2.05, 4.69) is 10.2 Å². The maximum absolute atomic E-state index is 7.31. The summed E-state index contributed by atoms with van der Waals surface area (Å²) in [5.41, 5.74) is 5.85. The maximum Gasteiger partial charge on any atom is 0.244 e. The molecule has 1 aromatic rings. The Morgan fingerprint density at radius 1 is 1.71 bits per heavy atom. The topological polar surface area (TPSA) is 84.9 Å². The second-order valence-corrected chi connectivity index (χ2v) is 3.00. The van der Waals surface area contributed by atoms with Gasteiger partial charge in [-0.3, -0.25) is 5.41 Å². The van der Waals surface area contributed by atoms with Crippen molar-refractivity contribution in [1.29, 1.82) is 5.41 Å². The number of hydrogen-bond acceptors (Lipinski definition) is 4. The lowest BCUT2D eigenvalue weighted by Gasteiger charge is -2.12. The molecule has 0 aliphatic heterocycles. The van der Waals surface area contributed by atoms with Gasteiger partial charge in [-0.1, -0.05) is 6.92 Å². The zero-order valence-corrected chi connectivity index (χ0v) is 8.32. The molecule has 1 aromatic heterocycles. The van der Waals surface area contributed by atoms with Gasteiger partial charge in [0.1, 0.15) is 5.84 Å². The number of rotatable bonds is 4. The highest BCUT2D eigenvalue weighted by Gasteiger charge is 2.10. The van der Waals surface area contributed by atoms with Crippen LogP contribution < -0.4 is 10.5 Å². The fraction of sp³-hybridized carbons (Fsp3) is 0.444. The number of nitrogens with two attached hydrogens (primary N) is 1. The van der Waals surface area contributed by atoms with Crippen LogP contribution in [0.1, 0.15) is 25.8 Å². The van der Waals surface area contributed by atoms with Crippen molar-refractivity contribution in [2.45, 2.75) is 26.4 Å². The van der Waals surface area contributed by atoms with E-state index in [1.807, 2.05) is 13.8 Å². The number of nitrogens with one attached hydrogen (secondary N) is 1. The summed E-state index contributed by atoms with van der Waals surface area (Å²) in [5, 5.41) is 14.8. The van der Waals surface area contributed by atoms with Crippen molar-refractivity contribution in [2.75, 3.05) is 0 Å². The van der Waals surface area contributed by atoms with Crippen LogP contribution in [0.25, 0.3) is 0 Å². The van der Waals surface area contributed by atoms with Crippen molar-refractivity contribution in [1.82, 2.24) is 10.2 Å². The number of aromatic nitrogens is 2. The largest absolute Gasteiger partial charge is 0.473 e. The Labute approximate surface area is 82.8 Å². The highest BCUT2D eigenvalue weighted by atomic mass is 16.5. The van der Waals surface area contributed by atoms with Crippen LogP contribution in [0, 0.1) is 5.41 Å². The van der Waals surface area contributed by atoms with Crippen LogP contribution in [0.2, 0.25) is 0 Å². The molecule has 0 bridgehead atoms. The molecule has 1 heterocycles. The molecule has 0 saturated carbocycles. The van der Waals surface area contributed by atoms with Crippen LogP contribution in [0.5, 0.6) is 5.88 Å². The van der Waals surface area contributed by atoms with Crippen molar-refractivity contribution >= 4 is 5.84 Å². The van der Waals surface area contributed by atoms with Gasteiger partial charge in [0, 0.05) is 0 Å². The Kier molecular flexibility index (Phi) is 3.39. The average molecular weight is 194 g/mol. The SMILES string of the molecule is CCC(C)Oc1nnccc1C(=N)N. The summed E-state index contributed by atoms with van der Waals surface area (Å²) >= 11 is 0. The first kappa shape index (κ1) is 10.4. The first-order valence-electron chi connectivity index (χ1n) is 4.48. The summed E-state index contributed by atoms with van der Waals surface area (Å²) in [6.07, 6.45) is 2.40. The number of hydrogen-bond donors (Lipinski definition) is 2. The van der Waals surface area contributed by atoms with Crippen molar-refractivity contribution in [3.8, 4) is 5.88 Å². The van der Waals surface area contributed by atoms with Gasteiger partial charge in [0.05, 0.1) is 17.9 Å². The van der Waals surface area contributed by atoms with Gasteiger partial charge in [-0.15, -0.1) is 5.10 Å². The lowest BCUT2D eigenvalue weighted by atomic mass is 10.2. The minimum atomic E-state index is -0.0572. The molecule has 1 atom stereocenters. The fourth-order valence-electron chi connectivity index (χ4n) is 0.885. The molecule has 1 unspecified atom stereocenters. The number of ether oxygens (including phenoxy) is 1. The Morgan fingerprint density at radius 2 is 2.43 bits per heavy atom. The molecule has 0 saturated heterocycles. The highest BCUT2D eigenvalue weighted by Crippen LogP contribution is 2.14. The molecular weight excluding hydrogens is 180 g/mol. The predicted molar refractivity (Wildman–Crippen MR) is 53.4 cm³/mol. The molecule has 5 nitrogen and oxygen atoms in total. The minimum Gasteiger partial charge on any atom is -0.473 e. The van der Waals surface area contributed by atoms with Gasteiger partial charge in [0.25, 0.3) is 0 Å². The molecule has 0 spiro atoms.